The highest BCUT2D eigenvalue weighted by Crippen LogP contribution is 2.37. The summed E-state index contributed by atoms with van der Waals surface area (Å²) in [7, 11) is 0. The van der Waals surface area contributed by atoms with Crippen LogP contribution in [0.25, 0.3) is 0 Å². The van der Waals surface area contributed by atoms with Crippen molar-refractivity contribution in [2.45, 2.75) is 38.6 Å². The van der Waals surface area contributed by atoms with Crippen LogP contribution in [0.15, 0.2) is 54.9 Å². The van der Waals surface area contributed by atoms with Gasteiger partial charge in [0.25, 0.3) is 0 Å². The highest BCUT2D eigenvalue weighted by atomic mass is 32.1. The van der Waals surface area contributed by atoms with Gasteiger partial charge in [-0.2, -0.15) is 5.26 Å². The van der Waals surface area contributed by atoms with E-state index in [1.165, 1.54) is 11.3 Å². The standard InChI is InChI=1S/C25H24N4O2S/c1-17(19-5-3-2-4-6-19)13-23(30)28-25-21(15-26)20-9-12-29(16-22(20)32-25)24(31)14-18-7-10-27-11-8-18/h2-8,10-11,17H,9,12-14,16H2,1H3,(H,28,30)/t17-/m1/s1. The minimum atomic E-state index is -0.109. The molecule has 1 aromatic carbocycles. The number of nitrogens with zero attached hydrogens (tertiary/aromatic N) is 3. The molecule has 2 aromatic heterocycles. The molecule has 1 aliphatic heterocycles. The third-order valence-corrected chi connectivity index (χ3v) is 6.87. The summed E-state index contributed by atoms with van der Waals surface area (Å²) in [6.07, 6.45) is 4.66. The molecule has 0 fully saturated rings. The van der Waals surface area contributed by atoms with Gasteiger partial charge in [0.2, 0.25) is 11.8 Å². The maximum atomic E-state index is 12.7. The summed E-state index contributed by atoms with van der Waals surface area (Å²) in [5.41, 5.74) is 3.53. The Bertz CT molecular complexity index is 1150. The van der Waals surface area contributed by atoms with Crippen LogP contribution in [0.5, 0.6) is 0 Å². The fourth-order valence-corrected chi connectivity index (χ4v) is 5.19. The maximum Gasteiger partial charge on any atom is 0.227 e. The van der Waals surface area contributed by atoms with Crippen LogP contribution in [0.3, 0.4) is 0 Å². The van der Waals surface area contributed by atoms with Crippen LogP contribution in [0.4, 0.5) is 5.00 Å². The van der Waals surface area contributed by atoms with Gasteiger partial charge in [-0.15, -0.1) is 11.3 Å². The third-order valence-electron chi connectivity index (χ3n) is 5.74. The van der Waals surface area contributed by atoms with Gasteiger partial charge in [0.15, 0.2) is 0 Å². The van der Waals surface area contributed by atoms with Crippen molar-refractivity contribution >= 4 is 28.2 Å². The van der Waals surface area contributed by atoms with Crippen molar-refractivity contribution in [3.05, 3.63) is 82.0 Å². The van der Waals surface area contributed by atoms with E-state index in [0.717, 1.165) is 21.6 Å². The van der Waals surface area contributed by atoms with Crippen LogP contribution in [-0.2, 0) is 29.0 Å². The van der Waals surface area contributed by atoms with Crippen molar-refractivity contribution in [2.24, 2.45) is 0 Å². The molecule has 3 heterocycles. The first kappa shape index (κ1) is 21.7. The lowest BCUT2D eigenvalue weighted by molar-refractivity contribution is -0.131. The number of nitrogens with one attached hydrogen (secondary N) is 1. The quantitative estimate of drug-likeness (QED) is 0.615. The van der Waals surface area contributed by atoms with Crippen molar-refractivity contribution in [1.29, 1.82) is 5.26 Å². The Morgan fingerprint density at radius 3 is 2.69 bits per heavy atom. The van der Waals surface area contributed by atoms with E-state index in [4.69, 9.17) is 0 Å². The van der Waals surface area contributed by atoms with Crippen molar-refractivity contribution in [3.8, 4) is 6.07 Å². The summed E-state index contributed by atoms with van der Waals surface area (Å²) >= 11 is 1.41. The van der Waals surface area contributed by atoms with Gasteiger partial charge in [-0.3, -0.25) is 14.6 Å². The van der Waals surface area contributed by atoms with Gasteiger partial charge in [0.05, 0.1) is 18.5 Å². The number of hydrogen-bond acceptors (Lipinski definition) is 5. The monoisotopic (exact) mass is 444 g/mol. The fraction of sp³-hybridized carbons (Fsp3) is 0.280. The van der Waals surface area contributed by atoms with E-state index in [2.05, 4.69) is 16.4 Å². The van der Waals surface area contributed by atoms with Gasteiger partial charge in [-0.25, -0.2) is 0 Å². The highest BCUT2D eigenvalue weighted by molar-refractivity contribution is 7.16. The molecule has 162 valence electrons. The van der Waals surface area contributed by atoms with Gasteiger partial charge in [0, 0.05) is 30.2 Å². The molecular weight excluding hydrogens is 420 g/mol. The first-order valence-corrected chi connectivity index (χ1v) is 11.4. The smallest absolute Gasteiger partial charge is 0.227 e. The van der Waals surface area contributed by atoms with Crippen molar-refractivity contribution in [3.63, 3.8) is 0 Å². The first-order valence-electron chi connectivity index (χ1n) is 10.6. The lowest BCUT2D eigenvalue weighted by Crippen LogP contribution is -2.36. The molecule has 0 spiro atoms. The number of carbonyl (C=O) groups excluding carboxylic acids is 2. The van der Waals surface area contributed by atoms with E-state index in [1.54, 1.807) is 12.4 Å². The second kappa shape index (κ2) is 9.75. The van der Waals surface area contributed by atoms with Crippen molar-refractivity contribution in [2.75, 3.05) is 11.9 Å². The van der Waals surface area contributed by atoms with Crippen molar-refractivity contribution < 1.29 is 9.59 Å². The lowest BCUT2D eigenvalue weighted by atomic mass is 9.97. The van der Waals surface area contributed by atoms with Gasteiger partial charge in [0.1, 0.15) is 11.1 Å². The number of amides is 2. The number of anilines is 1. The number of carbonyl (C=O) groups is 2. The molecule has 7 heteroatoms. The van der Waals surface area contributed by atoms with E-state index < -0.39 is 0 Å². The van der Waals surface area contributed by atoms with Crippen molar-refractivity contribution in [1.82, 2.24) is 9.88 Å². The average molecular weight is 445 g/mol. The minimum Gasteiger partial charge on any atom is -0.337 e. The number of nitriles is 1. The molecule has 0 bridgehead atoms. The maximum absolute atomic E-state index is 12.7. The summed E-state index contributed by atoms with van der Waals surface area (Å²) in [6, 6.07) is 15.9. The third kappa shape index (κ3) is 4.87. The molecule has 0 unspecified atom stereocenters. The summed E-state index contributed by atoms with van der Waals surface area (Å²) in [4.78, 5) is 32.2. The minimum absolute atomic E-state index is 0.0519. The molecule has 2 amide bonds. The molecule has 4 rings (SSSR count). The number of aromatic nitrogens is 1. The van der Waals surface area contributed by atoms with E-state index in [9.17, 15) is 14.9 Å². The molecule has 1 N–H and O–H groups in total. The Kier molecular flexibility index (Phi) is 6.62. The lowest BCUT2D eigenvalue weighted by Gasteiger charge is -2.27. The Labute approximate surface area is 191 Å². The number of fused-ring (bicyclic) bond motifs is 1. The van der Waals surface area contributed by atoms with E-state index in [-0.39, 0.29) is 17.7 Å². The van der Waals surface area contributed by atoms with E-state index in [0.29, 0.717) is 42.9 Å². The number of pyridine rings is 1. The molecule has 32 heavy (non-hydrogen) atoms. The van der Waals surface area contributed by atoms with E-state index in [1.807, 2.05) is 54.3 Å². The Hall–Kier alpha value is -3.50. The van der Waals surface area contributed by atoms with Crippen LogP contribution < -0.4 is 5.32 Å². The molecule has 0 aliphatic carbocycles. The topological polar surface area (TPSA) is 86.1 Å². The second-order valence-corrected chi connectivity index (χ2v) is 9.09. The zero-order valence-corrected chi connectivity index (χ0v) is 18.7. The Balaban J connectivity index is 1.43. The molecule has 6 nitrogen and oxygen atoms in total. The first-order chi connectivity index (χ1) is 15.5. The predicted octanol–water partition coefficient (Wildman–Crippen LogP) is 4.27. The van der Waals surface area contributed by atoms with Crippen LogP contribution in [-0.4, -0.2) is 28.2 Å². The molecule has 0 radical (unpaired) electrons. The van der Waals surface area contributed by atoms with Crippen LogP contribution in [0.1, 0.15) is 46.4 Å². The van der Waals surface area contributed by atoms with Gasteiger partial charge in [-0.1, -0.05) is 37.3 Å². The number of benzene rings is 1. The van der Waals surface area contributed by atoms with Gasteiger partial charge < -0.3 is 10.2 Å². The summed E-state index contributed by atoms with van der Waals surface area (Å²) in [5, 5.41) is 13.3. The largest absolute Gasteiger partial charge is 0.337 e. The van der Waals surface area contributed by atoms with Crippen LogP contribution >= 0.6 is 11.3 Å². The molecule has 1 aliphatic rings. The van der Waals surface area contributed by atoms with E-state index >= 15 is 0 Å². The SMILES string of the molecule is C[C@H](CC(=O)Nc1sc2c(c1C#N)CCN(C(=O)Cc1ccncc1)C2)c1ccccc1. The average Bonchev–Trinajstić information content (AvgIpc) is 3.16. The molecule has 0 saturated carbocycles. The second-order valence-electron chi connectivity index (χ2n) is 7.98. The summed E-state index contributed by atoms with van der Waals surface area (Å²) in [6.45, 7) is 3.06. The molecular formula is C25H24N4O2S. The Morgan fingerprint density at radius 1 is 1.22 bits per heavy atom. The normalized spacial score (nSPS) is 13.7. The van der Waals surface area contributed by atoms with Gasteiger partial charge in [-0.05, 0) is 41.2 Å². The molecule has 3 aromatic rings. The number of thiophene rings is 1. The summed E-state index contributed by atoms with van der Waals surface area (Å²) in [5.74, 6) is 0.0238. The van der Waals surface area contributed by atoms with Gasteiger partial charge >= 0.3 is 0 Å². The highest BCUT2D eigenvalue weighted by Gasteiger charge is 2.27. The summed E-state index contributed by atoms with van der Waals surface area (Å²) < 4.78 is 0. The molecule has 0 saturated heterocycles. The number of hydrogen-bond donors (Lipinski definition) is 1. The fourth-order valence-electron chi connectivity index (χ4n) is 3.96. The van der Waals surface area contributed by atoms with Crippen LogP contribution in [0.2, 0.25) is 0 Å². The zero-order valence-electron chi connectivity index (χ0n) is 17.9. The van der Waals surface area contributed by atoms with Crippen LogP contribution in [0, 0.1) is 11.3 Å². The molecule has 1 atom stereocenters. The Morgan fingerprint density at radius 2 is 1.97 bits per heavy atom. The zero-order chi connectivity index (χ0) is 22.5. The number of rotatable bonds is 6. The predicted molar refractivity (Wildman–Crippen MR) is 124 cm³/mol.